The van der Waals surface area contributed by atoms with Gasteiger partial charge in [-0.05, 0) is 30.3 Å². The summed E-state index contributed by atoms with van der Waals surface area (Å²) in [7, 11) is 1.55. The number of benzene rings is 2. The largest absolute Gasteiger partial charge is 0.497 e. The summed E-state index contributed by atoms with van der Waals surface area (Å²) in [4.78, 5) is 12.2. The van der Waals surface area contributed by atoms with Gasteiger partial charge in [-0.2, -0.15) is 0 Å². The Bertz CT molecular complexity index is 702. The summed E-state index contributed by atoms with van der Waals surface area (Å²) in [6, 6.07) is 10.0. The molecule has 3 rings (SSSR count). The molecular weight excluding hydrogens is 294 g/mol. The van der Waals surface area contributed by atoms with E-state index < -0.39 is 0 Å². The number of methoxy groups -OCH3 is 1. The highest BCUT2D eigenvalue weighted by Crippen LogP contribution is 2.33. The van der Waals surface area contributed by atoms with E-state index in [0.717, 1.165) is 0 Å². The van der Waals surface area contributed by atoms with Crippen LogP contribution in [-0.4, -0.2) is 19.8 Å². The number of fused-ring (bicyclic) bond motifs is 1. The van der Waals surface area contributed by atoms with Crippen LogP contribution in [0.1, 0.15) is 10.4 Å². The molecule has 0 spiro atoms. The maximum absolute atomic E-state index is 12.2. The van der Waals surface area contributed by atoms with E-state index in [4.69, 9.17) is 25.8 Å². The first-order valence-electron chi connectivity index (χ1n) is 6.22. The van der Waals surface area contributed by atoms with Crippen LogP contribution in [-0.2, 0) is 0 Å². The standard InChI is InChI=1S/C15H12ClNO4/c1-19-10-3-4-12(11(16)7-10)17-15(18)9-2-5-13-14(6-9)21-8-20-13/h2-7H,8H2,1H3,(H,17,18). The average molecular weight is 306 g/mol. The molecule has 2 aromatic rings. The predicted octanol–water partition coefficient (Wildman–Crippen LogP) is 3.33. The van der Waals surface area contributed by atoms with Gasteiger partial charge in [-0.1, -0.05) is 11.6 Å². The van der Waals surface area contributed by atoms with Crippen molar-refractivity contribution in [2.75, 3.05) is 19.2 Å². The van der Waals surface area contributed by atoms with E-state index >= 15 is 0 Å². The molecule has 1 aliphatic rings. The predicted molar refractivity (Wildman–Crippen MR) is 78.5 cm³/mol. The summed E-state index contributed by atoms with van der Waals surface area (Å²) < 4.78 is 15.5. The maximum atomic E-state index is 12.2. The van der Waals surface area contributed by atoms with Crippen LogP contribution >= 0.6 is 11.6 Å². The minimum absolute atomic E-state index is 0.171. The van der Waals surface area contributed by atoms with Gasteiger partial charge in [0, 0.05) is 11.6 Å². The number of hydrogen-bond donors (Lipinski definition) is 1. The quantitative estimate of drug-likeness (QED) is 0.945. The summed E-state index contributed by atoms with van der Waals surface area (Å²) in [6.45, 7) is 0.171. The lowest BCUT2D eigenvalue weighted by molar-refractivity contribution is 0.102. The fourth-order valence-corrected chi connectivity index (χ4v) is 2.17. The van der Waals surface area contributed by atoms with Crippen LogP contribution in [0.5, 0.6) is 17.2 Å². The van der Waals surface area contributed by atoms with Crippen molar-refractivity contribution in [1.82, 2.24) is 0 Å². The van der Waals surface area contributed by atoms with E-state index in [1.54, 1.807) is 43.5 Å². The molecule has 2 aromatic carbocycles. The van der Waals surface area contributed by atoms with Gasteiger partial charge in [0.1, 0.15) is 5.75 Å². The molecule has 1 N–H and O–H groups in total. The van der Waals surface area contributed by atoms with Crippen molar-refractivity contribution in [2.24, 2.45) is 0 Å². The first-order valence-corrected chi connectivity index (χ1v) is 6.60. The van der Waals surface area contributed by atoms with E-state index in [1.807, 2.05) is 0 Å². The van der Waals surface area contributed by atoms with Crippen molar-refractivity contribution in [2.45, 2.75) is 0 Å². The minimum Gasteiger partial charge on any atom is -0.497 e. The molecule has 6 heteroatoms. The second-order valence-electron chi connectivity index (χ2n) is 4.37. The van der Waals surface area contributed by atoms with Gasteiger partial charge in [-0.25, -0.2) is 0 Å². The zero-order valence-corrected chi connectivity index (χ0v) is 11.9. The fraction of sp³-hybridized carbons (Fsp3) is 0.133. The van der Waals surface area contributed by atoms with Gasteiger partial charge >= 0.3 is 0 Å². The number of carbonyl (C=O) groups is 1. The lowest BCUT2D eigenvalue weighted by Crippen LogP contribution is -2.12. The van der Waals surface area contributed by atoms with Crippen molar-refractivity contribution in [3.63, 3.8) is 0 Å². The number of amides is 1. The highest BCUT2D eigenvalue weighted by Gasteiger charge is 2.16. The Morgan fingerprint density at radius 3 is 2.76 bits per heavy atom. The molecule has 0 atom stereocenters. The van der Waals surface area contributed by atoms with E-state index in [-0.39, 0.29) is 12.7 Å². The molecule has 0 aliphatic carbocycles. The molecule has 108 valence electrons. The van der Waals surface area contributed by atoms with Crippen molar-refractivity contribution < 1.29 is 19.0 Å². The summed E-state index contributed by atoms with van der Waals surface area (Å²) in [5.74, 6) is 1.54. The van der Waals surface area contributed by atoms with Crippen LogP contribution < -0.4 is 19.5 Å². The van der Waals surface area contributed by atoms with E-state index in [2.05, 4.69) is 5.32 Å². The van der Waals surface area contributed by atoms with Gasteiger partial charge < -0.3 is 19.5 Å². The van der Waals surface area contributed by atoms with Crippen LogP contribution in [0.4, 0.5) is 5.69 Å². The third-order valence-electron chi connectivity index (χ3n) is 3.06. The lowest BCUT2D eigenvalue weighted by atomic mass is 10.2. The molecule has 1 aliphatic heterocycles. The van der Waals surface area contributed by atoms with E-state index in [0.29, 0.717) is 33.5 Å². The Hall–Kier alpha value is -2.40. The molecule has 0 bridgehead atoms. The molecule has 5 nitrogen and oxygen atoms in total. The first kappa shape index (κ1) is 13.6. The molecule has 0 saturated carbocycles. The number of nitrogens with one attached hydrogen (secondary N) is 1. The fourth-order valence-electron chi connectivity index (χ4n) is 1.96. The van der Waals surface area contributed by atoms with Gasteiger partial charge in [0.2, 0.25) is 6.79 Å². The molecule has 0 saturated heterocycles. The van der Waals surface area contributed by atoms with Crippen molar-refractivity contribution >= 4 is 23.2 Å². The molecular formula is C15H12ClNO4. The van der Waals surface area contributed by atoms with Crippen LogP contribution in [0.2, 0.25) is 5.02 Å². The van der Waals surface area contributed by atoms with Gasteiger partial charge in [0.15, 0.2) is 11.5 Å². The van der Waals surface area contributed by atoms with Gasteiger partial charge in [-0.3, -0.25) is 4.79 Å². The smallest absolute Gasteiger partial charge is 0.255 e. The molecule has 0 aromatic heterocycles. The zero-order valence-electron chi connectivity index (χ0n) is 11.2. The average Bonchev–Trinajstić information content (AvgIpc) is 2.96. The maximum Gasteiger partial charge on any atom is 0.255 e. The molecule has 21 heavy (non-hydrogen) atoms. The van der Waals surface area contributed by atoms with Crippen molar-refractivity contribution in [3.8, 4) is 17.2 Å². The number of rotatable bonds is 3. The van der Waals surface area contributed by atoms with Gasteiger partial charge in [-0.15, -0.1) is 0 Å². The lowest BCUT2D eigenvalue weighted by Gasteiger charge is -2.09. The third-order valence-corrected chi connectivity index (χ3v) is 3.37. The highest BCUT2D eigenvalue weighted by molar-refractivity contribution is 6.34. The molecule has 0 unspecified atom stereocenters. The number of hydrogen-bond acceptors (Lipinski definition) is 4. The second kappa shape index (κ2) is 5.54. The van der Waals surface area contributed by atoms with Crippen LogP contribution in [0, 0.1) is 0 Å². The van der Waals surface area contributed by atoms with Gasteiger partial charge in [0.05, 0.1) is 17.8 Å². The summed E-state index contributed by atoms with van der Waals surface area (Å²) in [5.41, 5.74) is 0.978. The molecule has 1 amide bonds. The summed E-state index contributed by atoms with van der Waals surface area (Å²) >= 11 is 6.09. The number of carbonyl (C=O) groups excluding carboxylic acids is 1. The molecule has 0 radical (unpaired) electrons. The Morgan fingerprint density at radius 2 is 2.00 bits per heavy atom. The minimum atomic E-state index is -0.277. The Kier molecular flexibility index (Phi) is 3.58. The normalized spacial score (nSPS) is 12.1. The topological polar surface area (TPSA) is 56.8 Å². The Labute approximate surface area is 126 Å². The molecule has 0 fully saturated rings. The van der Waals surface area contributed by atoms with E-state index in [1.165, 1.54) is 0 Å². The molecule has 1 heterocycles. The summed E-state index contributed by atoms with van der Waals surface area (Å²) in [5, 5.41) is 3.15. The Balaban J connectivity index is 1.80. The van der Waals surface area contributed by atoms with Crippen LogP contribution in [0.15, 0.2) is 36.4 Å². The van der Waals surface area contributed by atoms with Crippen LogP contribution in [0.3, 0.4) is 0 Å². The van der Waals surface area contributed by atoms with E-state index in [9.17, 15) is 4.79 Å². The van der Waals surface area contributed by atoms with Gasteiger partial charge in [0.25, 0.3) is 5.91 Å². The Morgan fingerprint density at radius 1 is 1.19 bits per heavy atom. The second-order valence-corrected chi connectivity index (χ2v) is 4.78. The highest BCUT2D eigenvalue weighted by atomic mass is 35.5. The SMILES string of the molecule is COc1ccc(NC(=O)c2ccc3c(c2)OCO3)c(Cl)c1. The summed E-state index contributed by atoms with van der Waals surface area (Å²) in [6.07, 6.45) is 0. The first-order chi connectivity index (χ1) is 10.2. The number of ether oxygens (including phenoxy) is 3. The number of anilines is 1. The third kappa shape index (κ3) is 2.73. The monoisotopic (exact) mass is 305 g/mol. The zero-order chi connectivity index (χ0) is 14.8. The number of halogens is 1. The van der Waals surface area contributed by atoms with Crippen molar-refractivity contribution in [3.05, 3.63) is 47.0 Å². The van der Waals surface area contributed by atoms with Crippen molar-refractivity contribution in [1.29, 1.82) is 0 Å². The van der Waals surface area contributed by atoms with Crippen LogP contribution in [0.25, 0.3) is 0 Å².